The van der Waals surface area contributed by atoms with Crippen molar-refractivity contribution in [2.75, 3.05) is 11.5 Å². The van der Waals surface area contributed by atoms with E-state index in [2.05, 4.69) is 0 Å². The number of amides is 1. The third-order valence-corrected chi connectivity index (χ3v) is 4.01. The first kappa shape index (κ1) is 22.2. The van der Waals surface area contributed by atoms with Crippen LogP contribution in [-0.2, 0) is 11.3 Å². The van der Waals surface area contributed by atoms with Gasteiger partial charge in [0.1, 0.15) is 4.88 Å². The SMILES string of the molecule is Nc1ccccc1N.O=C(O)c1ccc(CNC(=O)C(F)(F)C(F)(F)F)s1. The number of halogens is 5. The maximum Gasteiger partial charge on any atom is 0.463 e. The van der Waals surface area contributed by atoms with Crippen LogP contribution in [-0.4, -0.2) is 29.1 Å². The van der Waals surface area contributed by atoms with Crippen LogP contribution in [0.1, 0.15) is 14.5 Å². The van der Waals surface area contributed by atoms with Gasteiger partial charge >= 0.3 is 24.0 Å². The number of nitrogen functional groups attached to an aromatic ring is 2. The summed E-state index contributed by atoms with van der Waals surface area (Å²) in [6, 6.07) is 9.61. The molecule has 0 aliphatic rings. The molecule has 0 spiro atoms. The second kappa shape index (κ2) is 8.66. The van der Waals surface area contributed by atoms with Crippen molar-refractivity contribution in [2.24, 2.45) is 0 Å². The third kappa shape index (κ3) is 6.09. The van der Waals surface area contributed by atoms with Crippen LogP contribution in [0.25, 0.3) is 0 Å². The number of hydrogen-bond donors (Lipinski definition) is 4. The Labute approximate surface area is 153 Å². The predicted molar refractivity (Wildman–Crippen MR) is 89.4 cm³/mol. The monoisotopic (exact) mass is 411 g/mol. The highest BCUT2D eigenvalue weighted by atomic mass is 32.1. The van der Waals surface area contributed by atoms with Crippen molar-refractivity contribution in [1.82, 2.24) is 5.32 Å². The highest BCUT2D eigenvalue weighted by Gasteiger charge is 2.63. The Bertz CT molecular complexity index is 787. The number of rotatable bonds is 4. The quantitative estimate of drug-likeness (QED) is 0.455. The molecular formula is C15H14F5N3O3S. The summed E-state index contributed by atoms with van der Waals surface area (Å²) in [6.45, 7) is -0.609. The number of alkyl halides is 5. The van der Waals surface area contributed by atoms with Crippen molar-refractivity contribution in [3.8, 4) is 0 Å². The van der Waals surface area contributed by atoms with Gasteiger partial charge in [0.25, 0.3) is 0 Å². The summed E-state index contributed by atoms with van der Waals surface area (Å²) >= 11 is 0.661. The molecule has 1 heterocycles. The topological polar surface area (TPSA) is 118 Å². The summed E-state index contributed by atoms with van der Waals surface area (Å²) in [4.78, 5) is 21.3. The molecule has 0 aliphatic heterocycles. The molecular weight excluding hydrogens is 397 g/mol. The Morgan fingerprint density at radius 2 is 1.52 bits per heavy atom. The molecule has 1 amide bonds. The Hall–Kier alpha value is -2.89. The summed E-state index contributed by atoms with van der Waals surface area (Å²) in [5.41, 5.74) is 12.1. The Morgan fingerprint density at radius 3 is 1.89 bits per heavy atom. The Kier molecular flexibility index (Phi) is 7.11. The van der Waals surface area contributed by atoms with Crippen molar-refractivity contribution in [3.63, 3.8) is 0 Å². The van der Waals surface area contributed by atoms with E-state index in [9.17, 15) is 31.5 Å². The zero-order valence-electron chi connectivity index (χ0n) is 13.4. The molecule has 0 fully saturated rings. The summed E-state index contributed by atoms with van der Waals surface area (Å²) in [5.74, 6) is -9.23. The molecule has 0 saturated carbocycles. The van der Waals surface area contributed by atoms with Gasteiger partial charge in [-0.05, 0) is 24.3 Å². The summed E-state index contributed by atoms with van der Waals surface area (Å²) in [5, 5.41) is 9.97. The van der Waals surface area contributed by atoms with Gasteiger partial charge in [-0.25, -0.2) is 4.79 Å². The molecule has 6 N–H and O–H groups in total. The normalized spacial score (nSPS) is 11.3. The van der Waals surface area contributed by atoms with Crippen molar-refractivity contribution < 1.29 is 36.6 Å². The van der Waals surface area contributed by atoms with Crippen molar-refractivity contribution >= 4 is 34.6 Å². The Balaban J connectivity index is 0.000000377. The molecule has 1 aromatic heterocycles. The molecule has 0 atom stereocenters. The fraction of sp³-hybridized carbons (Fsp3) is 0.200. The third-order valence-electron chi connectivity index (χ3n) is 2.93. The number of benzene rings is 1. The highest BCUT2D eigenvalue weighted by molar-refractivity contribution is 7.13. The van der Waals surface area contributed by atoms with Gasteiger partial charge in [0.05, 0.1) is 17.9 Å². The van der Waals surface area contributed by atoms with E-state index in [-0.39, 0.29) is 9.75 Å². The zero-order valence-corrected chi connectivity index (χ0v) is 14.2. The molecule has 27 heavy (non-hydrogen) atoms. The number of carboxylic acids is 1. The number of carboxylic acid groups (broad SMARTS) is 1. The molecule has 0 bridgehead atoms. The van der Waals surface area contributed by atoms with Gasteiger partial charge < -0.3 is 21.9 Å². The molecule has 12 heteroatoms. The molecule has 0 aliphatic carbocycles. The Morgan fingerprint density at radius 1 is 1.00 bits per heavy atom. The minimum atomic E-state index is -5.97. The first-order valence-electron chi connectivity index (χ1n) is 7.01. The molecule has 0 radical (unpaired) electrons. The van der Waals surface area contributed by atoms with E-state index in [1.165, 1.54) is 11.4 Å². The first-order chi connectivity index (χ1) is 12.4. The first-order valence-corrected chi connectivity index (χ1v) is 7.82. The lowest BCUT2D eigenvalue weighted by atomic mass is 10.3. The second-order valence-corrected chi connectivity index (χ2v) is 6.12. The average Bonchev–Trinajstić information content (AvgIpc) is 3.04. The van der Waals surface area contributed by atoms with E-state index in [1.54, 1.807) is 12.1 Å². The summed E-state index contributed by atoms with van der Waals surface area (Å²) in [6.07, 6.45) is -5.97. The number of para-hydroxylation sites is 2. The number of anilines is 2. The number of nitrogens with one attached hydrogen (secondary N) is 1. The van der Waals surface area contributed by atoms with Crippen molar-refractivity contribution in [2.45, 2.75) is 18.6 Å². The summed E-state index contributed by atoms with van der Waals surface area (Å²) in [7, 11) is 0. The number of hydrogen-bond acceptors (Lipinski definition) is 5. The van der Waals surface area contributed by atoms with Gasteiger partial charge in [-0.1, -0.05) is 12.1 Å². The molecule has 0 unspecified atom stereocenters. The lowest BCUT2D eigenvalue weighted by Gasteiger charge is -2.18. The average molecular weight is 411 g/mol. The highest BCUT2D eigenvalue weighted by Crippen LogP contribution is 2.35. The molecule has 148 valence electrons. The maximum atomic E-state index is 12.5. The van der Waals surface area contributed by atoms with E-state index < -0.39 is 30.5 Å². The van der Waals surface area contributed by atoms with Crippen LogP contribution < -0.4 is 16.8 Å². The van der Waals surface area contributed by atoms with Crippen LogP contribution in [0.4, 0.5) is 33.3 Å². The van der Waals surface area contributed by atoms with Crippen LogP contribution in [0, 0.1) is 0 Å². The van der Waals surface area contributed by atoms with Gasteiger partial charge in [0.15, 0.2) is 0 Å². The van der Waals surface area contributed by atoms with Gasteiger partial charge in [-0.3, -0.25) is 4.79 Å². The molecule has 6 nitrogen and oxygen atoms in total. The minimum Gasteiger partial charge on any atom is -0.477 e. The second-order valence-electron chi connectivity index (χ2n) is 4.95. The number of thiophene rings is 1. The van der Waals surface area contributed by atoms with Crippen LogP contribution in [0.2, 0.25) is 0 Å². The number of carbonyl (C=O) groups is 2. The largest absolute Gasteiger partial charge is 0.477 e. The molecule has 2 rings (SSSR count). The number of carbonyl (C=O) groups excluding carboxylic acids is 1. The van der Waals surface area contributed by atoms with Crippen LogP contribution in [0.15, 0.2) is 36.4 Å². The lowest BCUT2D eigenvalue weighted by Crippen LogP contribution is -2.50. The van der Waals surface area contributed by atoms with E-state index in [0.29, 0.717) is 22.7 Å². The lowest BCUT2D eigenvalue weighted by molar-refractivity contribution is -0.269. The van der Waals surface area contributed by atoms with E-state index >= 15 is 0 Å². The van der Waals surface area contributed by atoms with Crippen LogP contribution in [0.5, 0.6) is 0 Å². The standard InChI is InChI=1S/C9H6F5NO3S.C6H8N2/c10-8(11,9(12,13)14)7(18)15-3-4-1-2-5(19-4)6(16)17;7-5-3-1-2-4-6(5)8/h1-2H,3H2,(H,15,18)(H,16,17);1-4H,7-8H2. The van der Waals surface area contributed by atoms with Crippen LogP contribution >= 0.6 is 11.3 Å². The number of nitrogens with two attached hydrogens (primary N) is 2. The number of aromatic carboxylic acids is 1. The maximum absolute atomic E-state index is 12.5. The van der Waals surface area contributed by atoms with Crippen molar-refractivity contribution in [3.05, 3.63) is 46.2 Å². The molecule has 0 saturated heterocycles. The summed E-state index contributed by atoms with van der Waals surface area (Å²) < 4.78 is 60.6. The molecule has 2 aromatic rings. The van der Waals surface area contributed by atoms with Gasteiger partial charge in [-0.15, -0.1) is 11.3 Å². The fourth-order valence-corrected chi connectivity index (χ4v) is 2.29. The molecule has 1 aromatic carbocycles. The van der Waals surface area contributed by atoms with Gasteiger partial charge in [0, 0.05) is 4.88 Å². The van der Waals surface area contributed by atoms with Gasteiger partial charge in [-0.2, -0.15) is 22.0 Å². The van der Waals surface area contributed by atoms with Gasteiger partial charge in [0.2, 0.25) is 0 Å². The van der Waals surface area contributed by atoms with E-state index in [4.69, 9.17) is 16.6 Å². The van der Waals surface area contributed by atoms with E-state index in [1.807, 2.05) is 12.1 Å². The van der Waals surface area contributed by atoms with Crippen molar-refractivity contribution in [1.29, 1.82) is 0 Å². The fourth-order valence-electron chi connectivity index (χ4n) is 1.51. The van der Waals surface area contributed by atoms with E-state index in [0.717, 1.165) is 6.07 Å². The smallest absolute Gasteiger partial charge is 0.463 e. The zero-order chi connectivity index (χ0) is 20.8. The predicted octanol–water partition coefficient (Wildman–Crippen LogP) is 3.11. The minimum absolute atomic E-state index is 0.119. The van der Waals surface area contributed by atoms with Crippen LogP contribution in [0.3, 0.4) is 0 Å².